The maximum absolute atomic E-state index is 3.39. The summed E-state index contributed by atoms with van der Waals surface area (Å²) in [6.07, 6.45) is 1.25. The summed E-state index contributed by atoms with van der Waals surface area (Å²) in [7, 11) is 0.919. The topological polar surface area (TPSA) is 12.0 Å². The van der Waals surface area contributed by atoms with Gasteiger partial charge in [0, 0.05) is 5.69 Å². The lowest BCUT2D eigenvalue weighted by Gasteiger charge is -2.15. The number of hydrogen-bond donors (Lipinski definition) is 1. The van der Waals surface area contributed by atoms with Crippen LogP contribution in [0.4, 0.5) is 5.69 Å². The molecule has 0 atom stereocenters. The van der Waals surface area contributed by atoms with E-state index in [1.54, 1.807) is 0 Å². The number of para-hydroxylation sites is 1. The number of rotatable bonds is 0. The molecule has 2 radical (unpaired) electrons. The van der Waals surface area contributed by atoms with E-state index in [0.29, 0.717) is 0 Å². The Hall–Kier alpha value is -0.763. The van der Waals surface area contributed by atoms with E-state index in [9.17, 15) is 0 Å². The van der Waals surface area contributed by atoms with E-state index in [2.05, 4.69) is 29.2 Å². The quantitative estimate of drug-likeness (QED) is 0.551. The van der Waals surface area contributed by atoms with Crippen LogP contribution in [0.1, 0.15) is 5.56 Å². The molecule has 0 saturated carbocycles. The molecule has 0 unspecified atom stereocenters. The molecule has 1 aromatic carbocycles. The van der Waals surface area contributed by atoms with Crippen molar-refractivity contribution in [3.05, 3.63) is 29.8 Å². The summed E-state index contributed by atoms with van der Waals surface area (Å²) < 4.78 is 0. The van der Waals surface area contributed by atoms with Crippen molar-refractivity contribution in [1.82, 2.24) is 0 Å². The average molecular weight is 147 g/mol. The molecule has 1 aromatic rings. The number of nitrogens with one attached hydrogen (secondary N) is 1. The van der Waals surface area contributed by atoms with Crippen molar-refractivity contribution in [2.45, 2.75) is 12.5 Å². The summed E-state index contributed by atoms with van der Waals surface area (Å²) >= 11 is 0. The fraction of sp³-hybridized carbons (Fsp3) is 0.250. The maximum atomic E-state index is 3.39. The predicted octanol–water partition coefficient (Wildman–Crippen LogP) is 1.69. The van der Waals surface area contributed by atoms with Gasteiger partial charge in [0.05, 0.1) is 0 Å². The highest BCUT2D eigenvalue weighted by atomic mass is 28.2. The first-order valence-electron chi connectivity index (χ1n) is 3.53. The largest absolute Gasteiger partial charge is 0.411 e. The minimum absolute atomic E-state index is 0.919. The maximum Gasteiger partial charge on any atom is 0.178 e. The third-order valence-corrected chi connectivity index (χ3v) is 2.71. The van der Waals surface area contributed by atoms with Crippen LogP contribution < -0.4 is 4.98 Å². The first-order valence-corrected chi connectivity index (χ1v) is 4.74. The van der Waals surface area contributed by atoms with Gasteiger partial charge < -0.3 is 4.98 Å². The molecular formula is C8H9NSi. The summed E-state index contributed by atoms with van der Waals surface area (Å²) in [5.74, 6) is 0. The minimum Gasteiger partial charge on any atom is -0.411 e. The molecule has 0 fully saturated rings. The summed E-state index contributed by atoms with van der Waals surface area (Å²) in [4.78, 5) is 3.39. The van der Waals surface area contributed by atoms with E-state index >= 15 is 0 Å². The Bertz CT molecular complexity index is 209. The summed E-state index contributed by atoms with van der Waals surface area (Å²) in [5, 5.41) is 0. The first-order chi connectivity index (χ1) is 4.97. The lowest BCUT2D eigenvalue weighted by molar-refractivity contribution is 1.11. The smallest absolute Gasteiger partial charge is 0.178 e. The van der Waals surface area contributed by atoms with Gasteiger partial charge in [-0.3, -0.25) is 0 Å². The molecule has 0 aliphatic carbocycles. The van der Waals surface area contributed by atoms with Crippen molar-refractivity contribution in [2.75, 3.05) is 4.98 Å². The fourth-order valence-electron chi connectivity index (χ4n) is 1.22. The van der Waals surface area contributed by atoms with Crippen LogP contribution in [0.25, 0.3) is 0 Å². The molecule has 2 rings (SSSR count). The van der Waals surface area contributed by atoms with Crippen LogP contribution in [0.15, 0.2) is 24.3 Å². The van der Waals surface area contributed by atoms with Crippen molar-refractivity contribution in [3.8, 4) is 0 Å². The van der Waals surface area contributed by atoms with Crippen LogP contribution in [0, 0.1) is 0 Å². The van der Waals surface area contributed by atoms with Crippen molar-refractivity contribution in [3.63, 3.8) is 0 Å². The Morgan fingerprint density at radius 1 is 1.30 bits per heavy atom. The van der Waals surface area contributed by atoms with Crippen molar-refractivity contribution in [1.29, 1.82) is 0 Å². The SMILES string of the molecule is c1ccc2c(c1)CC[Si]N2. The van der Waals surface area contributed by atoms with Gasteiger partial charge in [-0.05, 0) is 24.1 Å². The Balaban J connectivity index is 2.41. The third-order valence-electron chi connectivity index (χ3n) is 1.76. The van der Waals surface area contributed by atoms with E-state index in [4.69, 9.17) is 0 Å². The van der Waals surface area contributed by atoms with Gasteiger partial charge in [-0.2, -0.15) is 0 Å². The highest BCUT2D eigenvalue weighted by molar-refractivity contribution is 6.41. The van der Waals surface area contributed by atoms with Crippen LogP contribution in [-0.2, 0) is 6.42 Å². The molecule has 1 nitrogen and oxygen atoms in total. The molecule has 0 spiro atoms. The number of anilines is 1. The van der Waals surface area contributed by atoms with Crippen molar-refractivity contribution >= 4 is 15.4 Å². The van der Waals surface area contributed by atoms with E-state index in [1.165, 1.54) is 23.7 Å². The van der Waals surface area contributed by atoms with E-state index in [0.717, 1.165) is 9.68 Å². The van der Waals surface area contributed by atoms with Gasteiger partial charge in [-0.15, -0.1) is 0 Å². The van der Waals surface area contributed by atoms with Gasteiger partial charge in [0.15, 0.2) is 9.68 Å². The molecule has 1 aliphatic rings. The van der Waals surface area contributed by atoms with Crippen molar-refractivity contribution < 1.29 is 0 Å². The first kappa shape index (κ1) is 5.98. The molecular weight excluding hydrogens is 138 g/mol. The summed E-state index contributed by atoms with van der Waals surface area (Å²) in [6, 6.07) is 9.85. The Morgan fingerprint density at radius 2 is 2.20 bits per heavy atom. The standard InChI is InChI=1S/C8H9NSi/c1-2-4-8-7(3-1)5-6-10-9-8/h1-4,9H,5-6H2. The van der Waals surface area contributed by atoms with E-state index in [1.807, 2.05) is 0 Å². The lowest BCUT2D eigenvalue weighted by atomic mass is 10.1. The van der Waals surface area contributed by atoms with Crippen LogP contribution in [0.5, 0.6) is 0 Å². The van der Waals surface area contributed by atoms with Crippen LogP contribution in [0.3, 0.4) is 0 Å². The third kappa shape index (κ3) is 0.947. The zero-order valence-electron chi connectivity index (χ0n) is 5.72. The van der Waals surface area contributed by atoms with Gasteiger partial charge in [-0.25, -0.2) is 0 Å². The zero-order valence-corrected chi connectivity index (χ0v) is 6.72. The molecule has 0 aromatic heterocycles. The second-order valence-electron chi connectivity index (χ2n) is 2.46. The molecule has 1 N–H and O–H groups in total. The van der Waals surface area contributed by atoms with Crippen molar-refractivity contribution in [2.24, 2.45) is 0 Å². The van der Waals surface area contributed by atoms with Gasteiger partial charge in [0.25, 0.3) is 0 Å². The lowest BCUT2D eigenvalue weighted by Crippen LogP contribution is -2.13. The predicted molar refractivity (Wildman–Crippen MR) is 44.3 cm³/mol. The van der Waals surface area contributed by atoms with Gasteiger partial charge >= 0.3 is 0 Å². The average Bonchev–Trinajstić information content (AvgIpc) is 2.05. The van der Waals surface area contributed by atoms with E-state index in [-0.39, 0.29) is 0 Å². The van der Waals surface area contributed by atoms with Crippen LogP contribution in [0.2, 0.25) is 6.04 Å². The number of fused-ring (bicyclic) bond motifs is 1. The monoisotopic (exact) mass is 147 g/mol. The summed E-state index contributed by atoms with van der Waals surface area (Å²) in [5.41, 5.74) is 2.81. The Labute approximate surface area is 63.4 Å². The second kappa shape index (κ2) is 2.46. The van der Waals surface area contributed by atoms with Crippen LogP contribution in [-0.4, -0.2) is 9.68 Å². The molecule has 2 heteroatoms. The van der Waals surface area contributed by atoms with Gasteiger partial charge in [0.1, 0.15) is 0 Å². The van der Waals surface area contributed by atoms with E-state index < -0.39 is 0 Å². The minimum atomic E-state index is 0.919. The Kier molecular flexibility index (Phi) is 1.47. The zero-order chi connectivity index (χ0) is 6.81. The molecule has 1 heterocycles. The number of hydrogen-bond acceptors (Lipinski definition) is 1. The Morgan fingerprint density at radius 3 is 3.10 bits per heavy atom. The van der Waals surface area contributed by atoms with Crippen LogP contribution >= 0.6 is 0 Å². The highest BCUT2D eigenvalue weighted by Crippen LogP contribution is 2.19. The molecule has 0 saturated heterocycles. The molecule has 0 amide bonds. The molecule has 0 bridgehead atoms. The van der Waals surface area contributed by atoms with Gasteiger partial charge in [-0.1, -0.05) is 18.2 Å². The molecule has 10 heavy (non-hydrogen) atoms. The highest BCUT2D eigenvalue weighted by Gasteiger charge is 2.06. The second-order valence-corrected chi connectivity index (χ2v) is 3.56. The van der Waals surface area contributed by atoms with Gasteiger partial charge in [0.2, 0.25) is 0 Å². The molecule has 1 aliphatic heterocycles. The summed E-state index contributed by atoms with van der Waals surface area (Å²) in [6.45, 7) is 0. The fourth-order valence-corrected chi connectivity index (χ4v) is 2.17. The molecule has 50 valence electrons. The number of aryl methyl sites for hydroxylation is 1. The number of benzene rings is 1. The normalized spacial score (nSPS) is 15.6.